The number of imide groups is 1. The van der Waals surface area contributed by atoms with Crippen LogP contribution in [0.5, 0.6) is 0 Å². The molecule has 2 atom stereocenters. The van der Waals surface area contributed by atoms with Crippen molar-refractivity contribution in [1.29, 1.82) is 0 Å². The van der Waals surface area contributed by atoms with Crippen LogP contribution in [0.3, 0.4) is 0 Å². The Morgan fingerprint density at radius 2 is 1.52 bits per heavy atom. The summed E-state index contributed by atoms with van der Waals surface area (Å²) < 4.78 is 0. The normalized spacial score (nSPS) is 25.4. The van der Waals surface area contributed by atoms with Crippen LogP contribution >= 0.6 is 0 Å². The van der Waals surface area contributed by atoms with Crippen LogP contribution in [0.4, 0.5) is 0 Å². The molecule has 3 aliphatic rings. The van der Waals surface area contributed by atoms with Gasteiger partial charge in [0.05, 0.1) is 11.8 Å². The highest BCUT2D eigenvalue weighted by molar-refractivity contribution is 6.05. The molecule has 0 radical (unpaired) electrons. The first-order chi connectivity index (χ1) is 14.1. The zero-order valence-corrected chi connectivity index (χ0v) is 17.2. The lowest BCUT2D eigenvalue weighted by atomic mass is 9.81. The summed E-state index contributed by atoms with van der Waals surface area (Å²) in [7, 11) is 0. The lowest BCUT2D eigenvalue weighted by Crippen LogP contribution is -2.41. The molecule has 5 heteroatoms. The number of likely N-dealkylation sites (tertiary alicyclic amines) is 2. The average Bonchev–Trinajstić information content (AvgIpc) is 3.02. The molecule has 0 unspecified atom stereocenters. The number of hydrogen-bond acceptors (Lipinski definition) is 3. The molecule has 1 aliphatic carbocycles. The molecule has 2 heterocycles. The Labute approximate surface area is 173 Å². The van der Waals surface area contributed by atoms with Crippen LogP contribution in [0.2, 0.25) is 0 Å². The number of carbonyl (C=O) groups excluding carboxylic acids is 3. The van der Waals surface area contributed by atoms with Gasteiger partial charge in [0.2, 0.25) is 17.7 Å². The van der Waals surface area contributed by atoms with Crippen LogP contribution in [-0.4, -0.2) is 47.2 Å². The molecule has 1 saturated carbocycles. The summed E-state index contributed by atoms with van der Waals surface area (Å²) in [5.41, 5.74) is 1.38. The van der Waals surface area contributed by atoms with Crippen molar-refractivity contribution in [3.63, 3.8) is 0 Å². The number of nitrogens with zero attached hydrogens (tertiary/aromatic N) is 2. The lowest BCUT2D eigenvalue weighted by molar-refractivity contribution is -0.141. The molecule has 2 saturated heterocycles. The van der Waals surface area contributed by atoms with Gasteiger partial charge in [0, 0.05) is 26.1 Å². The molecule has 2 aliphatic heterocycles. The molecule has 4 rings (SSSR count). The molecule has 3 amide bonds. The SMILES string of the molecule is O=C(CCN1C(=O)[C@H]2CCCC[C@H]2C1=O)N1CCC(CCc2ccccc2)CC1. The topological polar surface area (TPSA) is 57.7 Å². The Kier molecular flexibility index (Phi) is 6.31. The minimum atomic E-state index is -0.119. The zero-order valence-electron chi connectivity index (χ0n) is 17.2. The summed E-state index contributed by atoms with van der Waals surface area (Å²) in [5.74, 6) is 0.448. The third kappa shape index (κ3) is 4.54. The Morgan fingerprint density at radius 3 is 2.14 bits per heavy atom. The maximum absolute atomic E-state index is 12.6. The maximum Gasteiger partial charge on any atom is 0.233 e. The van der Waals surface area contributed by atoms with E-state index in [-0.39, 0.29) is 42.5 Å². The van der Waals surface area contributed by atoms with E-state index in [2.05, 4.69) is 24.3 Å². The fraction of sp³-hybridized carbons (Fsp3) is 0.625. The summed E-state index contributed by atoms with van der Waals surface area (Å²) in [6.45, 7) is 1.86. The molecular formula is C24H32N2O3. The lowest BCUT2D eigenvalue weighted by Gasteiger charge is -2.32. The Balaban J connectivity index is 1.20. The fourth-order valence-electron chi connectivity index (χ4n) is 5.30. The second kappa shape index (κ2) is 9.10. The summed E-state index contributed by atoms with van der Waals surface area (Å²) >= 11 is 0. The second-order valence-electron chi connectivity index (χ2n) is 8.92. The smallest absolute Gasteiger partial charge is 0.233 e. The molecule has 0 bridgehead atoms. The van der Waals surface area contributed by atoms with Gasteiger partial charge in [-0.25, -0.2) is 0 Å². The predicted octanol–water partition coefficient (Wildman–Crippen LogP) is 3.42. The van der Waals surface area contributed by atoms with Crippen molar-refractivity contribution in [2.24, 2.45) is 17.8 Å². The quantitative estimate of drug-likeness (QED) is 0.692. The molecule has 0 N–H and O–H groups in total. The van der Waals surface area contributed by atoms with E-state index in [1.54, 1.807) is 0 Å². The van der Waals surface area contributed by atoms with Gasteiger partial charge < -0.3 is 4.90 Å². The Hall–Kier alpha value is -2.17. The molecule has 1 aromatic carbocycles. The molecule has 0 aromatic heterocycles. The number of piperidine rings is 1. The molecular weight excluding hydrogens is 364 g/mol. The highest BCUT2D eigenvalue weighted by atomic mass is 16.2. The Morgan fingerprint density at radius 1 is 0.897 bits per heavy atom. The van der Waals surface area contributed by atoms with E-state index in [9.17, 15) is 14.4 Å². The van der Waals surface area contributed by atoms with Gasteiger partial charge in [-0.2, -0.15) is 0 Å². The number of fused-ring (bicyclic) bond motifs is 1. The van der Waals surface area contributed by atoms with E-state index in [0.29, 0.717) is 5.92 Å². The van der Waals surface area contributed by atoms with E-state index in [0.717, 1.165) is 58.0 Å². The summed E-state index contributed by atoms with van der Waals surface area (Å²) in [6, 6.07) is 10.6. The maximum atomic E-state index is 12.6. The van der Waals surface area contributed by atoms with Crippen molar-refractivity contribution in [1.82, 2.24) is 9.80 Å². The molecule has 156 valence electrons. The number of rotatable bonds is 6. The first-order valence-electron chi connectivity index (χ1n) is 11.3. The van der Waals surface area contributed by atoms with Crippen molar-refractivity contribution >= 4 is 17.7 Å². The molecule has 1 aromatic rings. The monoisotopic (exact) mass is 396 g/mol. The van der Waals surface area contributed by atoms with Gasteiger partial charge in [0.15, 0.2) is 0 Å². The highest BCUT2D eigenvalue weighted by Crippen LogP contribution is 2.38. The van der Waals surface area contributed by atoms with Gasteiger partial charge in [0.25, 0.3) is 0 Å². The van der Waals surface area contributed by atoms with Crippen molar-refractivity contribution in [2.45, 2.75) is 57.8 Å². The van der Waals surface area contributed by atoms with Crippen LogP contribution in [0, 0.1) is 17.8 Å². The van der Waals surface area contributed by atoms with Gasteiger partial charge >= 0.3 is 0 Å². The minimum Gasteiger partial charge on any atom is -0.343 e. The van der Waals surface area contributed by atoms with E-state index < -0.39 is 0 Å². The van der Waals surface area contributed by atoms with Crippen LogP contribution < -0.4 is 0 Å². The standard InChI is InChI=1S/C24H32N2O3/c27-22(14-17-26-23(28)20-8-4-5-9-21(20)24(26)29)25-15-12-19(13-16-25)11-10-18-6-2-1-3-7-18/h1-3,6-7,19-21H,4-5,8-17H2/t20-,21+. The minimum absolute atomic E-state index is 0.0351. The average molecular weight is 397 g/mol. The number of hydrogen-bond donors (Lipinski definition) is 0. The fourth-order valence-corrected chi connectivity index (χ4v) is 5.30. The summed E-state index contributed by atoms with van der Waals surface area (Å²) in [6.07, 6.45) is 8.36. The van der Waals surface area contributed by atoms with E-state index >= 15 is 0 Å². The largest absolute Gasteiger partial charge is 0.343 e. The summed E-state index contributed by atoms with van der Waals surface area (Å²) in [4.78, 5) is 41.1. The third-order valence-electron chi connectivity index (χ3n) is 7.13. The van der Waals surface area contributed by atoms with Crippen LogP contribution in [0.25, 0.3) is 0 Å². The van der Waals surface area contributed by atoms with E-state index in [4.69, 9.17) is 0 Å². The first kappa shape index (κ1) is 20.1. The van der Waals surface area contributed by atoms with Gasteiger partial charge in [-0.3, -0.25) is 19.3 Å². The second-order valence-corrected chi connectivity index (χ2v) is 8.92. The molecule has 5 nitrogen and oxygen atoms in total. The van der Waals surface area contributed by atoms with Gasteiger partial charge in [0.1, 0.15) is 0 Å². The van der Waals surface area contributed by atoms with E-state index in [1.165, 1.54) is 16.9 Å². The van der Waals surface area contributed by atoms with Crippen LogP contribution in [-0.2, 0) is 20.8 Å². The number of aryl methyl sites for hydroxylation is 1. The summed E-state index contributed by atoms with van der Waals surface area (Å²) in [5, 5.41) is 0. The van der Waals surface area contributed by atoms with Crippen LogP contribution in [0.15, 0.2) is 30.3 Å². The van der Waals surface area contributed by atoms with Crippen LogP contribution in [0.1, 0.15) is 56.9 Å². The van der Waals surface area contributed by atoms with Crippen molar-refractivity contribution in [3.05, 3.63) is 35.9 Å². The predicted molar refractivity (Wildman–Crippen MR) is 111 cm³/mol. The molecule has 29 heavy (non-hydrogen) atoms. The molecule has 3 fully saturated rings. The van der Waals surface area contributed by atoms with Gasteiger partial charge in [-0.15, -0.1) is 0 Å². The number of carbonyl (C=O) groups is 3. The highest BCUT2D eigenvalue weighted by Gasteiger charge is 2.47. The third-order valence-corrected chi connectivity index (χ3v) is 7.13. The van der Waals surface area contributed by atoms with Crippen molar-refractivity contribution in [2.75, 3.05) is 19.6 Å². The van der Waals surface area contributed by atoms with Crippen molar-refractivity contribution in [3.8, 4) is 0 Å². The zero-order chi connectivity index (χ0) is 20.2. The Bertz CT molecular complexity index is 716. The van der Waals surface area contributed by atoms with Gasteiger partial charge in [-0.1, -0.05) is 43.2 Å². The number of amides is 3. The molecule has 0 spiro atoms. The van der Waals surface area contributed by atoms with E-state index in [1.807, 2.05) is 11.0 Å². The van der Waals surface area contributed by atoms with Gasteiger partial charge in [-0.05, 0) is 50.0 Å². The number of benzene rings is 1. The first-order valence-corrected chi connectivity index (χ1v) is 11.3. The van der Waals surface area contributed by atoms with Crippen molar-refractivity contribution < 1.29 is 14.4 Å².